The summed E-state index contributed by atoms with van der Waals surface area (Å²) in [6, 6.07) is 14.1. The maximum Gasteiger partial charge on any atom is 0.175 e. The first-order valence-corrected chi connectivity index (χ1v) is 8.07. The van der Waals surface area contributed by atoms with Crippen molar-refractivity contribution in [2.24, 2.45) is 0 Å². The summed E-state index contributed by atoms with van der Waals surface area (Å²) in [4.78, 5) is 8.65. The lowest BCUT2D eigenvalue weighted by molar-refractivity contribution is 0.632. The predicted octanol–water partition coefficient (Wildman–Crippen LogP) is 4.73. The third kappa shape index (κ3) is 2.99. The van der Waals surface area contributed by atoms with Gasteiger partial charge < -0.3 is 10.6 Å². The van der Waals surface area contributed by atoms with E-state index in [0.717, 1.165) is 27.4 Å². The van der Waals surface area contributed by atoms with Gasteiger partial charge in [0.2, 0.25) is 0 Å². The number of aromatic nitrogens is 2. The first kappa shape index (κ1) is 15.4. The van der Waals surface area contributed by atoms with E-state index in [1.165, 1.54) is 6.07 Å². The summed E-state index contributed by atoms with van der Waals surface area (Å²) in [6.07, 6.45) is 5.27. The number of benzene rings is 2. The van der Waals surface area contributed by atoms with Crippen LogP contribution in [0.15, 0.2) is 67.1 Å². The van der Waals surface area contributed by atoms with E-state index in [1.54, 1.807) is 36.8 Å². The molecular weight excluding hydrogens is 335 g/mol. The van der Waals surface area contributed by atoms with Crippen molar-refractivity contribution >= 4 is 50.4 Å². The lowest BCUT2D eigenvalue weighted by atomic mass is 10.1. The second kappa shape index (κ2) is 6.41. The van der Waals surface area contributed by atoms with E-state index in [2.05, 4.69) is 20.6 Å². The largest absolute Gasteiger partial charge is 0.332 e. The maximum absolute atomic E-state index is 13.8. The van der Waals surface area contributed by atoms with Crippen LogP contribution in [0.5, 0.6) is 0 Å². The van der Waals surface area contributed by atoms with Crippen LogP contribution in [0.25, 0.3) is 21.7 Å². The Kier molecular flexibility index (Phi) is 3.95. The molecule has 6 heteroatoms. The molecule has 0 bridgehead atoms. The number of halogens is 1. The summed E-state index contributed by atoms with van der Waals surface area (Å²) in [5.74, 6) is -0.359. The Morgan fingerprint density at radius 2 is 1.76 bits per heavy atom. The molecule has 25 heavy (non-hydrogen) atoms. The summed E-state index contributed by atoms with van der Waals surface area (Å²) in [5, 5.41) is 9.22. The first-order valence-electron chi connectivity index (χ1n) is 7.66. The molecule has 0 amide bonds. The lowest BCUT2D eigenvalue weighted by Gasteiger charge is -2.14. The minimum atomic E-state index is -0.359. The van der Waals surface area contributed by atoms with Gasteiger partial charge in [0.25, 0.3) is 0 Å². The van der Waals surface area contributed by atoms with Crippen LogP contribution < -0.4 is 10.6 Å². The third-order valence-electron chi connectivity index (χ3n) is 3.88. The number of hydrogen-bond donors (Lipinski definition) is 2. The molecule has 2 heterocycles. The normalized spacial score (nSPS) is 10.8. The van der Waals surface area contributed by atoms with Gasteiger partial charge in [-0.2, -0.15) is 0 Å². The molecule has 2 aromatic heterocycles. The van der Waals surface area contributed by atoms with Crippen LogP contribution in [0.2, 0.25) is 0 Å². The molecule has 0 atom stereocenters. The summed E-state index contributed by atoms with van der Waals surface area (Å²) in [6.45, 7) is 0. The molecule has 0 aliphatic carbocycles. The monoisotopic (exact) mass is 348 g/mol. The fraction of sp³-hybridized carbons (Fsp3) is 0. The fourth-order valence-electron chi connectivity index (χ4n) is 2.74. The average molecular weight is 348 g/mol. The van der Waals surface area contributed by atoms with Gasteiger partial charge in [-0.1, -0.05) is 12.1 Å². The van der Waals surface area contributed by atoms with Crippen molar-refractivity contribution in [3.8, 4) is 0 Å². The molecule has 0 unspecified atom stereocenters. The third-order valence-corrected chi connectivity index (χ3v) is 4.08. The van der Waals surface area contributed by atoms with Crippen LogP contribution in [0.1, 0.15) is 0 Å². The molecule has 122 valence electrons. The van der Waals surface area contributed by atoms with Crippen molar-refractivity contribution in [2.75, 3.05) is 10.6 Å². The Labute approximate surface area is 148 Å². The Hall–Kier alpha value is -3.12. The topological polar surface area (TPSA) is 49.8 Å². The standard InChI is InChI=1S/C19H13FN4S/c20-15-5-1-2-6-16(15)23-19(25)24-17-10-12-7-9-21-11-14(12)18-13(17)4-3-8-22-18/h1-11H,(H2,23,24,25). The minimum absolute atomic E-state index is 0.309. The van der Waals surface area contributed by atoms with Crippen LogP contribution in [0.3, 0.4) is 0 Å². The molecule has 4 aromatic rings. The second-order valence-electron chi connectivity index (χ2n) is 5.48. The number of nitrogens with one attached hydrogen (secondary N) is 2. The smallest absolute Gasteiger partial charge is 0.175 e. The Bertz CT molecular complexity index is 1100. The molecule has 0 aliphatic rings. The van der Waals surface area contributed by atoms with Crippen molar-refractivity contribution < 1.29 is 4.39 Å². The van der Waals surface area contributed by atoms with Gasteiger partial charge in [-0.3, -0.25) is 9.97 Å². The van der Waals surface area contributed by atoms with Gasteiger partial charge in [0.1, 0.15) is 5.82 Å². The van der Waals surface area contributed by atoms with Gasteiger partial charge in [0.05, 0.1) is 16.9 Å². The van der Waals surface area contributed by atoms with Gasteiger partial charge in [-0.15, -0.1) is 0 Å². The van der Waals surface area contributed by atoms with E-state index in [9.17, 15) is 4.39 Å². The van der Waals surface area contributed by atoms with Gasteiger partial charge in [-0.05, 0) is 54.0 Å². The Balaban J connectivity index is 1.73. The summed E-state index contributed by atoms with van der Waals surface area (Å²) in [5.41, 5.74) is 1.97. The van der Waals surface area contributed by atoms with Crippen LogP contribution in [-0.4, -0.2) is 15.1 Å². The van der Waals surface area contributed by atoms with E-state index in [-0.39, 0.29) is 5.82 Å². The van der Waals surface area contributed by atoms with Crippen molar-refractivity contribution in [2.45, 2.75) is 0 Å². The number of hydrogen-bond acceptors (Lipinski definition) is 3. The van der Waals surface area contributed by atoms with Gasteiger partial charge >= 0.3 is 0 Å². The van der Waals surface area contributed by atoms with Gasteiger partial charge in [0, 0.05) is 29.4 Å². The Morgan fingerprint density at radius 3 is 2.64 bits per heavy atom. The zero-order chi connectivity index (χ0) is 17.2. The zero-order valence-electron chi connectivity index (χ0n) is 13.0. The minimum Gasteiger partial charge on any atom is -0.332 e. The van der Waals surface area contributed by atoms with E-state index in [1.807, 2.05) is 24.3 Å². The van der Waals surface area contributed by atoms with Crippen molar-refractivity contribution in [1.82, 2.24) is 9.97 Å². The van der Waals surface area contributed by atoms with E-state index in [4.69, 9.17) is 12.2 Å². The van der Waals surface area contributed by atoms with Crippen molar-refractivity contribution in [3.05, 3.63) is 72.9 Å². The van der Waals surface area contributed by atoms with E-state index in [0.29, 0.717) is 10.8 Å². The summed E-state index contributed by atoms with van der Waals surface area (Å²) >= 11 is 5.34. The average Bonchev–Trinajstić information content (AvgIpc) is 2.64. The summed E-state index contributed by atoms with van der Waals surface area (Å²) < 4.78 is 13.8. The SMILES string of the molecule is Fc1ccccc1NC(=S)Nc1cc2ccncc2c2ncccc12. The highest BCUT2D eigenvalue weighted by atomic mass is 32.1. The first-order chi connectivity index (χ1) is 12.2. The molecule has 0 saturated carbocycles. The van der Waals surface area contributed by atoms with Crippen LogP contribution >= 0.6 is 12.2 Å². The van der Waals surface area contributed by atoms with E-state index < -0.39 is 0 Å². The molecule has 0 radical (unpaired) electrons. The molecule has 0 spiro atoms. The molecule has 2 N–H and O–H groups in total. The van der Waals surface area contributed by atoms with Crippen molar-refractivity contribution in [3.63, 3.8) is 0 Å². The van der Waals surface area contributed by atoms with Gasteiger partial charge in [-0.25, -0.2) is 4.39 Å². The number of pyridine rings is 2. The van der Waals surface area contributed by atoms with Crippen LogP contribution in [0.4, 0.5) is 15.8 Å². The molecule has 4 rings (SSSR count). The van der Waals surface area contributed by atoms with Crippen molar-refractivity contribution in [1.29, 1.82) is 0 Å². The number of rotatable bonds is 2. The quantitative estimate of drug-likeness (QED) is 0.405. The zero-order valence-corrected chi connectivity index (χ0v) is 13.8. The van der Waals surface area contributed by atoms with Crippen LogP contribution in [0, 0.1) is 5.82 Å². The maximum atomic E-state index is 13.8. The van der Waals surface area contributed by atoms with E-state index >= 15 is 0 Å². The highest BCUT2D eigenvalue weighted by molar-refractivity contribution is 7.80. The number of nitrogens with zero attached hydrogens (tertiary/aromatic N) is 2. The highest BCUT2D eigenvalue weighted by Gasteiger charge is 2.10. The molecule has 0 fully saturated rings. The fourth-order valence-corrected chi connectivity index (χ4v) is 2.96. The molecule has 0 aliphatic heterocycles. The van der Waals surface area contributed by atoms with Crippen LogP contribution in [-0.2, 0) is 0 Å². The molecule has 2 aromatic carbocycles. The lowest BCUT2D eigenvalue weighted by Crippen LogP contribution is -2.20. The highest BCUT2D eigenvalue weighted by Crippen LogP contribution is 2.30. The molecule has 0 saturated heterocycles. The van der Waals surface area contributed by atoms with Gasteiger partial charge in [0.15, 0.2) is 5.11 Å². The number of fused-ring (bicyclic) bond motifs is 3. The number of para-hydroxylation sites is 1. The molecule has 4 nitrogen and oxygen atoms in total. The Morgan fingerprint density at radius 1 is 0.920 bits per heavy atom. The second-order valence-corrected chi connectivity index (χ2v) is 5.89. The number of anilines is 2. The predicted molar refractivity (Wildman–Crippen MR) is 103 cm³/mol. The molecular formula is C19H13FN4S. The number of thiocarbonyl (C=S) groups is 1. The summed E-state index contributed by atoms with van der Waals surface area (Å²) in [7, 11) is 0.